The van der Waals surface area contributed by atoms with Crippen molar-refractivity contribution in [3.05, 3.63) is 48.0 Å². The Labute approximate surface area is 117 Å². The number of amides is 1. The Bertz CT molecular complexity index is 667. The molecule has 1 amide bonds. The van der Waals surface area contributed by atoms with Gasteiger partial charge in [-0.3, -0.25) is 9.69 Å². The number of benzene rings is 2. The van der Waals surface area contributed by atoms with Gasteiger partial charge in [0.15, 0.2) is 0 Å². The Kier molecular flexibility index (Phi) is 3.06. The fraction of sp³-hybridized carbons (Fsp3) is 0.188. The smallest absolute Gasteiger partial charge is 0.231 e. The monoisotopic (exact) mass is 268 g/mol. The molecular formula is C16H16N2O2. The fourth-order valence-electron chi connectivity index (χ4n) is 2.55. The highest BCUT2D eigenvalue weighted by Gasteiger charge is 2.25. The minimum atomic E-state index is 0.0931. The van der Waals surface area contributed by atoms with E-state index in [0.717, 1.165) is 17.8 Å². The molecule has 0 bridgehead atoms. The lowest BCUT2D eigenvalue weighted by atomic mass is 10.0. The van der Waals surface area contributed by atoms with Crippen molar-refractivity contribution in [2.24, 2.45) is 0 Å². The van der Waals surface area contributed by atoms with E-state index in [9.17, 15) is 4.79 Å². The number of hydrogen-bond donors (Lipinski definition) is 1. The highest BCUT2D eigenvalue weighted by atomic mass is 16.5. The largest absolute Gasteiger partial charge is 0.495 e. The molecule has 102 valence electrons. The molecule has 4 heteroatoms. The number of carbonyl (C=O) groups excluding carboxylic acids is 1. The van der Waals surface area contributed by atoms with Crippen LogP contribution in [0, 0.1) is 0 Å². The third kappa shape index (κ3) is 1.99. The number of para-hydroxylation sites is 1. The van der Waals surface area contributed by atoms with Gasteiger partial charge in [0.1, 0.15) is 5.75 Å². The Hall–Kier alpha value is -2.49. The average molecular weight is 268 g/mol. The van der Waals surface area contributed by atoms with Crippen LogP contribution in [-0.2, 0) is 11.2 Å². The van der Waals surface area contributed by atoms with E-state index in [2.05, 4.69) is 6.07 Å². The number of hydrogen-bond acceptors (Lipinski definition) is 3. The zero-order valence-electron chi connectivity index (χ0n) is 11.3. The van der Waals surface area contributed by atoms with Gasteiger partial charge in [-0.15, -0.1) is 0 Å². The molecule has 2 aromatic rings. The zero-order chi connectivity index (χ0) is 14.1. The van der Waals surface area contributed by atoms with Crippen molar-refractivity contribution >= 4 is 23.0 Å². The van der Waals surface area contributed by atoms with Crippen molar-refractivity contribution < 1.29 is 9.53 Å². The van der Waals surface area contributed by atoms with E-state index >= 15 is 0 Å². The van der Waals surface area contributed by atoms with Crippen LogP contribution in [0.3, 0.4) is 0 Å². The van der Waals surface area contributed by atoms with Gasteiger partial charge in [-0.1, -0.05) is 18.2 Å². The van der Waals surface area contributed by atoms with Crippen molar-refractivity contribution in [3.63, 3.8) is 0 Å². The van der Waals surface area contributed by atoms with Crippen molar-refractivity contribution in [2.45, 2.75) is 12.8 Å². The van der Waals surface area contributed by atoms with Crippen LogP contribution in [0.2, 0.25) is 0 Å². The third-order valence-electron chi connectivity index (χ3n) is 3.57. The van der Waals surface area contributed by atoms with E-state index in [4.69, 9.17) is 10.5 Å². The van der Waals surface area contributed by atoms with Crippen molar-refractivity contribution in [2.75, 3.05) is 17.7 Å². The third-order valence-corrected chi connectivity index (χ3v) is 3.57. The predicted molar refractivity (Wildman–Crippen MR) is 79.3 cm³/mol. The molecule has 0 radical (unpaired) electrons. The molecule has 3 rings (SSSR count). The maximum absolute atomic E-state index is 12.3. The van der Waals surface area contributed by atoms with E-state index in [1.807, 2.05) is 24.3 Å². The van der Waals surface area contributed by atoms with Crippen LogP contribution in [0.25, 0.3) is 0 Å². The number of methoxy groups -OCH3 is 1. The molecule has 2 aromatic carbocycles. The first-order valence-corrected chi connectivity index (χ1v) is 6.55. The molecule has 0 saturated heterocycles. The van der Waals surface area contributed by atoms with Crippen LogP contribution >= 0.6 is 0 Å². The summed E-state index contributed by atoms with van der Waals surface area (Å²) in [5.41, 5.74) is 9.30. The highest BCUT2D eigenvalue weighted by Crippen LogP contribution is 2.36. The van der Waals surface area contributed by atoms with Crippen molar-refractivity contribution in [1.29, 1.82) is 0 Å². The van der Waals surface area contributed by atoms with E-state index < -0.39 is 0 Å². The molecule has 0 fully saturated rings. The molecule has 1 aliphatic heterocycles. The number of fused-ring (bicyclic) bond motifs is 1. The molecule has 0 unspecified atom stereocenters. The molecule has 0 saturated carbocycles. The van der Waals surface area contributed by atoms with Crippen molar-refractivity contribution in [1.82, 2.24) is 0 Å². The second-order valence-corrected chi connectivity index (χ2v) is 4.78. The maximum atomic E-state index is 12.3. The van der Waals surface area contributed by atoms with Gasteiger partial charge in [0.05, 0.1) is 24.2 Å². The normalized spacial score (nSPS) is 14.1. The molecular weight excluding hydrogens is 252 g/mol. The predicted octanol–water partition coefficient (Wildman–Crippen LogP) is 2.89. The zero-order valence-corrected chi connectivity index (χ0v) is 11.3. The van der Waals surface area contributed by atoms with Crippen LogP contribution in [-0.4, -0.2) is 13.0 Å². The summed E-state index contributed by atoms with van der Waals surface area (Å²) in [6.07, 6.45) is 1.31. The molecule has 0 spiro atoms. The molecule has 2 N–H and O–H groups in total. The van der Waals surface area contributed by atoms with Gasteiger partial charge in [-0.05, 0) is 30.2 Å². The van der Waals surface area contributed by atoms with Gasteiger partial charge in [0.2, 0.25) is 5.91 Å². The number of nitrogens with zero attached hydrogens (tertiary/aromatic N) is 1. The van der Waals surface area contributed by atoms with Crippen LogP contribution in [0.5, 0.6) is 5.75 Å². The van der Waals surface area contributed by atoms with Gasteiger partial charge in [-0.25, -0.2) is 0 Å². The summed E-state index contributed by atoms with van der Waals surface area (Å²) in [7, 11) is 1.57. The molecule has 0 atom stereocenters. The Morgan fingerprint density at radius 2 is 1.95 bits per heavy atom. The summed E-state index contributed by atoms with van der Waals surface area (Å²) < 4.78 is 5.24. The number of rotatable bonds is 2. The number of anilines is 3. The number of ether oxygens (including phenoxy) is 1. The number of nitrogens with two attached hydrogens (primary N) is 1. The summed E-state index contributed by atoms with van der Waals surface area (Å²) in [6, 6.07) is 13.4. The van der Waals surface area contributed by atoms with Crippen LogP contribution in [0.15, 0.2) is 42.5 Å². The second kappa shape index (κ2) is 4.89. The quantitative estimate of drug-likeness (QED) is 0.852. The first-order valence-electron chi connectivity index (χ1n) is 6.55. The van der Waals surface area contributed by atoms with Crippen LogP contribution in [0.4, 0.5) is 17.1 Å². The lowest BCUT2D eigenvalue weighted by Crippen LogP contribution is -2.30. The van der Waals surface area contributed by atoms with Crippen LogP contribution < -0.4 is 15.4 Å². The Morgan fingerprint density at radius 1 is 1.15 bits per heavy atom. The fourth-order valence-corrected chi connectivity index (χ4v) is 2.55. The molecule has 4 nitrogen and oxygen atoms in total. The average Bonchev–Trinajstić information content (AvgIpc) is 2.48. The highest BCUT2D eigenvalue weighted by molar-refractivity contribution is 6.03. The van der Waals surface area contributed by atoms with E-state index in [1.165, 1.54) is 5.56 Å². The first-order chi connectivity index (χ1) is 9.70. The first kappa shape index (κ1) is 12.5. The SMILES string of the molecule is COc1cc(N2C(=O)CCc3ccccc32)ccc1N. The van der Waals surface area contributed by atoms with Gasteiger partial charge < -0.3 is 10.5 Å². The summed E-state index contributed by atoms with van der Waals surface area (Å²) >= 11 is 0. The van der Waals surface area contributed by atoms with Crippen molar-refractivity contribution in [3.8, 4) is 5.75 Å². The number of nitrogen functional groups attached to an aromatic ring is 1. The number of aryl methyl sites for hydroxylation is 1. The summed E-state index contributed by atoms with van der Waals surface area (Å²) in [6.45, 7) is 0. The van der Waals surface area contributed by atoms with E-state index in [1.54, 1.807) is 24.1 Å². The van der Waals surface area contributed by atoms with E-state index in [-0.39, 0.29) is 5.91 Å². The Balaban J connectivity index is 2.11. The standard InChI is InChI=1S/C16H16N2O2/c1-20-15-10-12(7-8-13(15)17)18-14-5-3-2-4-11(14)6-9-16(18)19/h2-5,7-8,10H,6,9,17H2,1H3. The van der Waals surface area contributed by atoms with Crippen LogP contribution in [0.1, 0.15) is 12.0 Å². The minimum Gasteiger partial charge on any atom is -0.495 e. The second-order valence-electron chi connectivity index (χ2n) is 4.78. The summed E-state index contributed by atoms with van der Waals surface area (Å²) in [4.78, 5) is 14.0. The molecule has 20 heavy (non-hydrogen) atoms. The van der Waals surface area contributed by atoms with Gasteiger partial charge in [-0.2, -0.15) is 0 Å². The van der Waals surface area contributed by atoms with E-state index in [0.29, 0.717) is 17.9 Å². The molecule has 1 aliphatic rings. The lowest BCUT2D eigenvalue weighted by Gasteiger charge is -2.29. The Morgan fingerprint density at radius 3 is 2.75 bits per heavy atom. The summed E-state index contributed by atoms with van der Waals surface area (Å²) in [5, 5.41) is 0. The lowest BCUT2D eigenvalue weighted by molar-refractivity contribution is -0.118. The minimum absolute atomic E-state index is 0.0931. The topological polar surface area (TPSA) is 55.6 Å². The summed E-state index contributed by atoms with van der Waals surface area (Å²) in [5.74, 6) is 0.675. The van der Waals surface area contributed by atoms with Gasteiger partial charge >= 0.3 is 0 Å². The maximum Gasteiger partial charge on any atom is 0.231 e. The molecule has 0 aliphatic carbocycles. The van der Waals surface area contributed by atoms with Gasteiger partial charge in [0, 0.05) is 12.5 Å². The molecule has 0 aromatic heterocycles. The molecule has 1 heterocycles. The van der Waals surface area contributed by atoms with Gasteiger partial charge in [0.25, 0.3) is 0 Å². The number of carbonyl (C=O) groups is 1.